The number of hydrogen-bond acceptors (Lipinski definition) is 6. The fourth-order valence-electron chi connectivity index (χ4n) is 4.81. The van der Waals surface area contributed by atoms with Gasteiger partial charge in [-0.1, -0.05) is 162 Å². The molecular formula is C47H72O6. The molecule has 53 heavy (non-hydrogen) atoms. The van der Waals surface area contributed by atoms with E-state index in [1.165, 1.54) is 44.9 Å². The van der Waals surface area contributed by atoms with Gasteiger partial charge in [-0.3, -0.25) is 14.4 Å². The summed E-state index contributed by atoms with van der Waals surface area (Å²) in [5, 5.41) is 0. The van der Waals surface area contributed by atoms with E-state index in [4.69, 9.17) is 14.2 Å². The molecule has 6 nitrogen and oxygen atoms in total. The first-order chi connectivity index (χ1) is 26.0. The van der Waals surface area contributed by atoms with Crippen molar-refractivity contribution in [3.8, 4) is 0 Å². The lowest BCUT2D eigenvalue weighted by Gasteiger charge is -2.17. The molecular weight excluding hydrogens is 661 g/mol. The van der Waals surface area contributed by atoms with Crippen LogP contribution in [0.4, 0.5) is 0 Å². The SMILES string of the molecule is CC/C=C\C/C=C\C/C=C\CC(=O)OCC(COC(=O)CCC/C=C\C/C=C\C/C=C\CCCCCCCC)OC(=O)C/C=C\C/C=C\C/C=C\CC. The van der Waals surface area contributed by atoms with Gasteiger partial charge in [0.15, 0.2) is 6.10 Å². The van der Waals surface area contributed by atoms with E-state index >= 15 is 0 Å². The topological polar surface area (TPSA) is 78.9 Å². The van der Waals surface area contributed by atoms with Crippen molar-refractivity contribution < 1.29 is 28.6 Å². The molecule has 0 aliphatic carbocycles. The van der Waals surface area contributed by atoms with Crippen LogP contribution in [0.25, 0.3) is 0 Å². The van der Waals surface area contributed by atoms with E-state index in [0.29, 0.717) is 12.8 Å². The number of allylic oxidation sites excluding steroid dienone is 16. The second-order valence-corrected chi connectivity index (χ2v) is 12.8. The summed E-state index contributed by atoms with van der Waals surface area (Å²) >= 11 is 0. The molecule has 0 aliphatic heterocycles. The summed E-state index contributed by atoms with van der Waals surface area (Å²) in [5.41, 5.74) is 0. The predicted octanol–water partition coefficient (Wildman–Crippen LogP) is 12.9. The zero-order valence-corrected chi connectivity index (χ0v) is 33.5. The largest absolute Gasteiger partial charge is 0.462 e. The molecule has 0 aliphatic rings. The van der Waals surface area contributed by atoms with Crippen LogP contribution in [0.5, 0.6) is 0 Å². The number of carbonyl (C=O) groups is 3. The monoisotopic (exact) mass is 733 g/mol. The summed E-state index contributed by atoms with van der Waals surface area (Å²) in [6, 6.07) is 0. The van der Waals surface area contributed by atoms with Crippen molar-refractivity contribution in [3.63, 3.8) is 0 Å². The van der Waals surface area contributed by atoms with E-state index in [1.54, 1.807) is 12.2 Å². The Morgan fingerprint density at radius 2 is 0.811 bits per heavy atom. The molecule has 0 radical (unpaired) electrons. The van der Waals surface area contributed by atoms with Gasteiger partial charge in [0, 0.05) is 6.42 Å². The van der Waals surface area contributed by atoms with E-state index in [0.717, 1.165) is 51.4 Å². The van der Waals surface area contributed by atoms with Crippen molar-refractivity contribution >= 4 is 17.9 Å². The first-order valence-electron chi connectivity index (χ1n) is 20.4. The second-order valence-electron chi connectivity index (χ2n) is 12.8. The maximum Gasteiger partial charge on any atom is 0.310 e. The third-order valence-electron chi connectivity index (χ3n) is 7.81. The third-order valence-corrected chi connectivity index (χ3v) is 7.81. The van der Waals surface area contributed by atoms with E-state index in [9.17, 15) is 14.4 Å². The molecule has 296 valence electrons. The summed E-state index contributed by atoms with van der Waals surface area (Å²) in [4.78, 5) is 37.3. The summed E-state index contributed by atoms with van der Waals surface area (Å²) in [7, 11) is 0. The second kappa shape index (κ2) is 40.8. The zero-order chi connectivity index (χ0) is 38.7. The molecule has 0 aromatic carbocycles. The van der Waals surface area contributed by atoms with Crippen LogP contribution in [0.15, 0.2) is 109 Å². The Balaban J connectivity index is 4.57. The molecule has 0 heterocycles. The molecule has 0 spiro atoms. The summed E-state index contributed by atoms with van der Waals surface area (Å²) in [6.45, 7) is 6.10. The van der Waals surface area contributed by atoms with Crippen molar-refractivity contribution in [2.45, 2.75) is 155 Å². The lowest BCUT2D eigenvalue weighted by Crippen LogP contribution is -2.30. The number of esters is 3. The van der Waals surface area contributed by atoms with E-state index in [1.807, 2.05) is 24.3 Å². The highest BCUT2D eigenvalue weighted by molar-refractivity contribution is 5.72. The van der Waals surface area contributed by atoms with Crippen LogP contribution < -0.4 is 0 Å². The van der Waals surface area contributed by atoms with Gasteiger partial charge in [-0.2, -0.15) is 0 Å². The first-order valence-corrected chi connectivity index (χ1v) is 20.4. The van der Waals surface area contributed by atoms with E-state index in [-0.39, 0.29) is 38.4 Å². The van der Waals surface area contributed by atoms with Crippen LogP contribution in [0.2, 0.25) is 0 Å². The van der Waals surface area contributed by atoms with Gasteiger partial charge in [-0.15, -0.1) is 0 Å². The minimum absolute atomic E-state index is 0.0734. The molecule has 0 rings (SSSR count). The highest BCUT2D eigenvalue weighted by atomic mass is 16.6. The van der Waals surface area contributed by atoms with Gasteiger partial charge in [-0.05, 0) is 77.0 Å². The van der Waals surface area contributed by atoms with Gasteiger partial charge in [-0.25, -0.2) is 0 Å². The Labute approximate surface area is 323 Å². The Hall–Kier alpha value is -3.93. The van der Waals surface area contributed by atoms with Gasteiger partial charge in [0.25, 0.3) is 0 Å². The number of rotatable bonds is 34. The van der Waals surface area contributed by atoms with Gasteiger partial charge in [0.05, 0.1) is 12.8 Å². The fourth-order valence-corrected chi connectivity index (χ4v) is 4.81. The van der Waals surface area contributed by atoms with Crippen LogP contribution in [-0.4, -0.2) is 37.2 Å². The maximum absolute atomic E-state index is 12.5. The molecule has 0 fully saturated rings. The maximum atomic E-state index is 12.5. The lowest BCUT2D eigenvalue weighted by atomic mass is 10.1. The van der Waals surface area contributed by atoms with Gasteiger partial charge >= 0.3 is 17.9 Å². The van der Waals surface area contributed by atoms with Gasteiger partial charge in [0.1, 0.15) is 13.2 Å². The molecule has 0 saturated carbocycles. The molecule has 1 atom stereocenters. The smallest absolute Gasteiger partial charge is 0.310 e. The highest BCUT2D eigenvalue weighted by Gasteiger charge is 2.18. The molecule has 0 N–H and O–H groups in total. The van der Waals surface area contributed by atoms with Crippen molar-refractivity contribution in [2.75, 3.05) is 13.2 Å². The quantitative estimate of drug-likeness (QED) is 0.0284. The van der Waals surface area contributed by atoms with Crippen LogP contribution in [-0.2, 0) is 28.6 Å². The van der Waals surface area contributed by atoms with E-state index < -0.39 is 18.0 Å². The lowest BCUT2D eigenvalue weighted by molar-refractivity contribution is -0.166. The van der Waals surface area contributed by atoms with Crippen LogP contribution >= 0.6 is 0 Å². The summed E-state index contributed by atoms with van der Waals surface area (Å²) < 4.78 is 16.3. The number of carbonyl (C=O) groups excluding carboxylic acids is 3. The molecule has 0 aromatic rings. The van der Waals surface area contributed by atoms with Gasteiger partial charge < -0.3 is 14.2 Å². The third kappa shape index (κ3) is 39.1. The van der Waals surface area contributed by atoms with Crippen LogP contribution in [0.1, 0.15) is 149 Å². The Morgan fingerprint density at radius 1 is 0.415 bits per heavy atom. The summed E-state index contributed by atoms with van der Waals surface area (Å²) in [5.74, 6) is -1.29. The highest BCUT2D eigenvalue weighted by Crippen LogP contribution is 2.08. The standard InChI is InChI=1S/C47H72O6/c1-4-7-10-13-16-19-20-21-22-23-24-25-26-29-31-34-37-40-46(49)52-43-44(53-47(50)41-38-35-32-28-18-15-12-9-6-3)42-51-45(48)39-36-33-30-27-17-14-11-8-5-2/h8-9,11-12,17-18,21-22,24-25,27-29,31,33,35-36,38,44H,4-7,10,13-16,19-20,23,26,30,32,34,37,39-43H2,1-3H3/b11-8-,12-9-,22-21-,25-24-,27-17-,28-18-,31-29-,36-33-,38-35-. The molecule has 0 amide bonds. The molecule has 0 aromatic heterocycles. The molecule has 6 heteroatoms. The fraction of sp³-hybridized carbons (Fsp3) is 0.553. The number of ether oxygens (including phenoxy) is 3. The zero-order valence-electron chi connectivity index (χ0n) is 33.5. The van der Waals surface area contributed by atoms with Crippen LogP contribution in [0.3, 0.4) is 0 Å². The Bertz CT molecular complexity index is 1160. The normalized spacial score (nSPS) is 13.2. The molecule has 1 unspecified atom stereocenters. The van der Waals surface area contributed by atoms with Crippen molar-refractivity contribution in [1.29, 1.82) is 0 Å². The number of unbranched alkanes of at least 4 members (excludes halogenated alkanes) is 7. The number of hydrogen-bond donors (Lipinski definition) is 0. The van der Waals surface area contributed by atoms with E-state index in [2.05, 4.69) is 93.7 Å². The minimum atomic E-state index is -0.880. The molecule has 0 saturated heterocycles. The van der Waals surface area contributed by atoms with Crippen molar-refractivity contribution in [2.24, 2.45) is 0 Å². The molecule has 0 bridgehead atoms. The average Bonchev–Trinajstić information content (AvgIpc) is 3.15. The average molecular weight is 733 g/mol. The van der Waals surface area contributed by atoms with Gasteiger partial charge in [0.2, 0.25) is 0 Å². The first kappa shape index (κ1) is 49.1. The van der Waals surface area contributed by atoms with Crippen LogP contribution in [0, 0.1) is 0 Å². The van der Waals surface area contributed by atoms with Crippen molar-refractivity contribution in [3.05, 3.63) is 109 Å². The Kier molecular flexibility index (Phi) is 37.8. The Morgan fingerprint density at radius 3 is 1.32 bits per heavy atom. The summed E-state index contributed by atoms with van der Waals surface area (Å²) in [6.07, 6.45) is 54.4. The predicted molar refractivity (Wildman–Crippen MR) is 223 cm³/mol. The van der Waals surface area contributed by atoms with Crippen molar-refractivity contribution in [1.82, 2.24) is 0 Å². The minimum Gasteiger partial charge on any atom is -0.462 e.